The first-order chi connectivity index (χ1) is 8.13. The number of nitrogens with one attached hydrogen (secondary N) is 1. The standard InChI is InChI=1S/C12H14BrFN2O/c1-15-10-3-2-6-16(12(10)17)11-7-8(14)4-5-9(11)13/h4-5,7,10,15H,2-3,6H2,1H3. The molecule has 1 heterocycles. The maximum atomic E-state index is 13.2. The molecule has 0 aliphatic carbocycles. The van der Waals surface area contributed by atoms with Crippen LogP contribution in [0.5, 0.6) is 0 Å². The Morgan fingerprint density at radius 1 is 1.53 bits per heavy atom. The Hall–Kier alpha value is -0.940. The number of hydrogen-bond acceptors (Lipinski definition) is 2. The van der Waals surface area contributed by atoms with Gasteiger partial charge < -0.3 is 10.2 Å². The van der Waals surface area contributed by atoms with E-state index in [0.29, 0.717) is 12.2 Å². The zero-order valence-electron chi connectivity index (χ0n) is 9.54. The quantitative estimate of drug-likeness (QED) is 0.909. The van der Waals surface area contributed by atoms with Crippen molar-refractivity contribution in [2.75, 3.05) is 18.5 Å². The van der Waals surface area contributed by atoms with Crippen LogP contribution >= 0.6 is 15.9 Å². The highest BCUT2D eigenvalue weighted by atomic mass is 79.9. The van der Waals surface area contributed by atoms with Crippen molar-refractivity contribution in [3.63, 3.8) is 0 Å². The minimum Gasteiger partial charge on any atom is -0.310 e. The Morgan fingerprint density at radius 3 is 3.00 bits per heavy atom. The monoisotopic (exact) mass is 300 g/mol. The Bertz CT molecular complexity index is 439. The molecule has 0 radical (unpaired) electrons. The Labute approximate surface area is 108 Å². The van der Waals surface area contributed by atoms with Crippen molar-refractivity contribution in [1.82, 2.24) is 5.32 Å². The molecule has 0 saturated carbocycles. The third-order valence-electron chi connectivity index (χ3n) is 2.99. The van der Waals surface area contributed by atoms with Gasteiger partial charge in [0.2, 0.25) is 5.91 Å². The lowest BCUT2D eigenvalue weighted by molar-refractivity contribution is -0.121. The van der Waals surface area contributed by atoms with Crippen molar-refractivity contribution in [2.24, 2.45) is 0 Å². The molecule has 1 saturated heterocycles. The van der Waals surface area contributed by atoms with Crippen molar-refractivity contribution < 1.29 is 9.18 Å². The second kappa shape index (κ2) is 5.14. The van der Waals surface area contributed by atoms with Gasteiger partial charge >= 0.3 is 0 Å². The van der Waals surface area contributed by atoms with Crippen molar-refractivity contribution >= 4 is 27.5 Å². The summed E-state index contributed by atoms with van der Waals surface area (Å²) < 4.78 is 14.0. The normalized spacial score (nSPS) is 20.8. The molecule has 1 aromatic rings. The van der Waals surface area contributed by atoms with Gasteiger partial charge in [0.25, 0.3) is 0 Å². The third-order valence-corrected chi connectivity index (χ3v) is 3.66. The van der Waals surface area contributed by atoms with Gasteiger partial charge in [0.15, 0.2) is 0 Å². The summed E-state index contributed by atoms with van der Waals surface area (Å²) in [5.74, 6) is -0.326. The number of halogens is 2. The predicted molar refractivity (Wildman–Crippen MR) is 68.5 cm³/mol. The van der Waals surface area contributed by atoms with Gasteiger partial charge in [0.1, 0.15) is 5.82 Å². The van der Waals surface area contributed by atoms with Crippen LogP contribution in [0.4, 0.5) is 10.1 Å². The van der Waals surface area contributed by atoms with Crippen LogP contribution in [0.25, 0.3) is 0 Å². The first kappa shape index (κ1) is 12.5. The second-order valence-corrected chi connectivity index (χ2v) is 4.92. The van der Waals surface area contributed by atoms with E-state index in [-0.39, 0.29) is 17.8 Å². The lowest BCUT2D eigenvalue weighted by Gasteiger charge is -2.32. The number of carbonyl (C=O) groups is 1. The number of piperidine rings is 1. The van der Waals surface area contributed by atoms with E-state index in [2.05, 4.69) is 21.2 Å². The molecule has 1 atom stereocenters. The van der Waals surface area contributed by atoms with Crippen LogP contribution in [-0.2, 0) is 4.79 Å². The zero-order valence-corrected chi connectivity index (χ0v) is 11.1. The number of rotatable bonds is 2. The largest absolute Gasteiger partial charge is 0.310 e. The molecule has 1 unspecified atom stereocenters. The molecule has 1 aliphatic rings. The molecule has 1 fully saturated rings. The fourth-order valence-electron chi connectivity index (χ4n) is 2.07. The maximum absolute atomic E-state index is 13.2. The number of carbonyl (C=O) groups excluding carboxylic acids is 1. The van der Waals surface area contributed by atoms with Crippen molar-refractivity contribution in [1.29, 1.82) is 0 Å². The third kappa shape index (κ3) is 2.50. The molecule has 0 spiro atoms. The average Bonchev–Trinajstić information content (AvgIpc) is 2.33. The Kier molecular flexibility index (Phi) is 3.79. The summed E-state index contributed by atoms with van der Waals surface area (Å²) in [6, 6.07) is 4.22. The van der Waals surface area contributed by atoms with E-state index < -0.39 is 0 Å². The Balaban J connectivity index is 2.32. The summed E-state index contributed by atoms with van der Waals surface area (Å²) >= 11 is 3.35. The van der Waals surface area contributed by atoms with Crippen molar-refractivity contribution in [3.05, 3.63) is 28.5 Å². The fourth-order valence-corrected chi connectivity index (χ4v) is 2.54. The molecular formula is C12H14BrFN2O. The molecule has 2 rings (SSSR count). The van der Waals surface area contributed by atoms with Crippen LogP contribution in [0.3, 0.4) is 0 Å². The van der Waals surface area contributed by atoms with E-state index in [0.717, 1.165) is 17.3 Å². The molecule has 1 aromatic carbocycles. The molecule has 5 heteroatoms. The summed E-state index contributed by atoms with van der Waals surface area (Å²) in [5, 5.41) is 2.99. The van der Waals surface area contributed by atoms with Gasteiger partial charge in [-0.15, -0.1) is 0 Å². The van der Waals surface area contributed by atoms with E-state index in [9.17, 15) is 9.18 Å². The summed E-state index contributed by atoms with van der Waals surface area (Å²) in [4.78, 5) is 13.8. The van der Waals surface area contributed by atoms with Crippen LogP contribution < -0.4 is 10.2 Å². The zero-order chi connectivity index (χ0) is 12.4. The summed E-state index contributed by atoms with van der Waals surface area (Å²) in [5.41, 5.74) is 0.606. The summed E-state index contributed by atoms with van der Waals surface area (Å²) in [6.45, 7) is 0.638. The van der Waals surface area contributed by atoms with E-state index >= 15 is 0 Å². The van der Waals surface area contributed by atoms with Crippen LogP contribution in [0.2, 0.25) is 0 Å². The minimum absolute atomic E-state index is 0.00468. The van der Waals surface area contributed by atoms with E-state index in [1.807, 2.05) is 0 Å². The first-order valence-electron chi connectivity index (χ1n) is 5.57. The Morgan fingerprint density at radius 2 is 2.29 bits per heavy atom. The van der Waals surface area contributed by atoms with Crippen LogP contribution in [0.1, 0.15) is 12.8 Å². The highest BCUT2D eigenvalue weighted by molar-refractivity contribution is 9.10. The van der Waals surface area contributed by atoms with E-state index in [1.54, 1.807) is 18.0 Å². The number of hydrogen-bond donors (Lipinski definition) is 1. The molecule has 0 aromatic heterocycles. The van der Waals surface area contributed by atoms with Gasteiger partial charge in [-0.25, -0.2) is 4.39 Å². The maximum Gasteiger partial charge on any atom is 0.244 e. The predicted octanol–water partition coefficient (Wildman–Crippen LogP) is 2.30. The van der Waals surface area contributed by atoms with E-state index in [4.69, 9.17) is 0 Å². The van der Waals surface area contributed by atoms with Crippen LogP contribution in [0, 0.1) is 5.82 Å². The van der Waals surface area contributed by atoms with Crippen molar-refractivity contribution in [3.8, 4) is 0 Å². The lowest BCUT2D eigenvalue weighted by atomic mass is 10.0. The SMILES string of the molecule is CNC1CCCN(c2cc(F)ccc2Br)C1=O. The molecule has 1 amide bonds. The van der Waals surface area contributed by atoms with Gasteiger partial charge in [0.05, 0.1) is 11.7 Å². The summed E-state index contributed by atoms with van der Waals surface area (Å²) in [6.07, 6.45) is 1.75. The molecule has 3 nitrogen and oxygen atoms in total. The van der Waals surface area contributed by atoms with Gasteiger partial charge in [-0.05, 0) is 54.0 Å². The molecule has 1 N–H and O–H groups in total. The highest BCUT2D eigenvalue weighted by Crippen LogP contribution is 2.29. The number of amides is 1. The molecule has 0 bridgehead atoms. The molecule has 17 heavy (non-hydrogen) atoms. The number of anilines is 1. The first-order valence-corrected chi connectivity index (χ1v) is 6.36. The fraction of sp³-hybridized carbons (Fsp3) is 0.417. The minimum atomic E-state index is -0.331. The topological polar surface area (TPSA) is 32.3 Å². The number of benzene rings is 1. The molecule has 1 aliphatic heterocycles. The molecule has 92 valence electrons. The van der Waals surface area contributed by atoms with E-state index in [1.165, 1.54) is 12.1 Å². The number of nitrogens with zero attached hydrogens (tertiary/aromatic N) is 1. The smallest absolute Gasteiger partial charge is 0.244 e. The average molecular weight is 301 g/mol. The van der Waals surface area contributed by atoms with Gasteiger partial charge in [-0.2, -0.15) is 0 Å². The highest BCUT2D eigenvalue weighted by Gasteiger charge is 2.29. The van der Waals surface area contributed by atoms with Crippen LogP contribution in [0.15, 0.2) is 22.7 Å². The van der Waals surface area contributed by atoms with Crippen molar-refractivity contribution in [2.45, 2.75) is 18.9 Å². The van der Waals surface area contributed by atoms with Gasteiger partial charge in [-0.3, -0.25) is 4.79 Å². The van der Waals surface area contributed by atoms with Gasteiger partial charge in [0, 0.05) is 11.0 Å². The summed E-state index contributed by atoms with van der Waals surface area (Å²) in [7, 11) is 1.77. The lowest BCUT2D eigenvalue weighted by Crippen LogP contribution is -2.49. The van der Waals surface area contributed by atoms with Gasteiger partial charge in [-0.1, -0.05) is 0 Å². The number of likely N-dealkylation sites (N-methyl/N-ethyl adjacent to an activating group) is 1. The van der Waals surface area contributed by atoms with Crippen LogP contribution in [-0.4, -0.2) is 25.5 Å². The molecular weight excluding hydrogens is 287 g/mol. The second-order valence-electron chi connectivity index (χ2n) is 4.07.